The third-order valence-corrected chi connectivity index (χ3v) is 0.876. The van der Waals surface area contributed by atoms with E-state index in [1.54, 1.807) is 0 Å². The van der Waals surface area contributed by atoms with Gasteiger partial charge in [0.2, 0.25) is 5.95 Å². The number of nitrogens with one attached hydrogen (secondary N) is 1. The molecule has 1 aromatic rings. The SMILES string of the molecule is CF.CNC.Fc1ncncc1Cl. The van der Waals surface area contributed by atoms with Gasteiger partial charge in [0, 0.05) is 0 Å². The first kappa shape index (κ1) is 14.7. The van der Waals surface area contributed by atoms with Gasteiger partial charge >= 0.3 is 0 Å². The Bertz CT molecular complexity index is 190. The van der Waals surface area contributed by atoms with E-state index in [2.05, 4.69) is 15.3 Å². The fourth-order valence-electron chi connectivity index (χ4n) is 0.298. The van der Waals surface area contributed by atoms with Crippen molar-refractivity contribution in [3.05, 3.63) is 23.5 Å². The Kier molecular flexibility index (Phi) is 12.7. The summed E-state index contributed by atoms with van der Waals surface area (Å²) in [5.74, 6) is -0.679. The summed E-state index contributed by atoms with van der Waals surface area (Å²) in [6, 6.07) is 0. The molecule has 1 rings (SSSR count). The summed E-state index contributed by atoms with van der Waals surface area (Å²) in [6.07, 6.45) is 2.30. The maximum absolute atomic E-state index is 12.0. The van der Waals surface area contributed by atoms with E-state index in [4.69, 9.17) is 11.6 Å². The van der Waals surface area contributed by atoms with Gasteiger partial charge in [-0.3, -0.25) is 4.39 Å². The van der Waals surface area contributed by atoms with Gasteiger partial charge < -0.3 is 5.32 Å². The first-order valence-corrected chi connectivity index (χ1v) is 3.67. The van der Waals surface area contributed by atoms with E-state index in [0.29, 0.717) is 7.18 Å². The summed E-state index contributed by atoms with van der Waals surface area (Å²) in [7, 11) is 4.25. The van der Waals surface area contributed by atoms with Crippen molar-refractivity contribution in [2.45, 2.75) is 0 Å². The standard InChI is InChI=1S/C4H2ClFN2.C2H7N.CH3F/c5-3-1-7-2-8-4(3)6;1-3-2;1-2/h1-2H;3H,1-2H3;1H3. The molecular formula is C7H12ClF2N3. The molecule has 0 aromatic carbocycles. The fourth-order valence-corrected chi connectivity index (χ4v) is 0.403. The van der Waals surface area contributed by atoms with E-state index in [1.807, 2.05) is 14.1 Å². The highest BCUT2D eigenvalue weighted by Gasteiger charge is 1.94. The van der Waals surface area contributed by atoms with Crippen LogP contribution in [0.2, 0.25) is 5.02 Å². The molecule has 0 bridgehead atoms. The van der Waals surface area contributed by atoms with Crippen LogP contribution < -0.4 is 5.32 Å². The van der Waals surface area contributed by atoms with Crippen molar-refractivity contribution in [2.75, 3.05) is 21.3 Å². The summed E-state index contributed by atoms with van der Waals surface area (Å²) >= 11 is 5.21. The zero-order valence-electron chi connectivity index (χ0n) is 7.68. The normalized spacial score (nSPS) is 7.54. The van der Waals surface area contributed by atoms with Crippen molar-refractivity contribution in [3.8, 4) is 0 Å². The summed E-state index contributed by atoms with van der Waals surface area (Å²) in [5.41, 5.74) is 0. The molecule has 0 radical (unpaired) electrons. The minimum Gasteiger partial charge on any atom is -0.323 e. The quantitative estimate of drug-likeness (QED) is 0.664. The Balaban J connectivity index is 0. The molecule has 76 valence electrons. The van der Waals surface area contributed by atoms with Crippen LogP contribution >= 0.6 is 11.6 Å². The van der Waals surface area contributed by atoms with Crippen molar-refractivity contribution in [3.63, 3.8) is 0 Å². The Morgan fingerprint density at radius 1 is 1.38 bits per heavy atom. The molecule has 3 nitrogen and oxygen atoms in total. The van der Waals surface area contributed by atoms with E-state index in [9.17, 15) is 8.78 Å². The number of rotatable bonds is 0. The molecule has 0 aliphatic carbocycles. The molecular weight excluding hydrogens is 200 g/mol. The molecule has 0 unspecified atom stereocenters. The molecule has 0 amide bonds. The van der Waals surface area contributed by atoms with Crippen LogP contribution in [0.3, 0.4) is 0 Å². The molecule has 0 saturated carbocycles. The number of hydrogen-bond donors (Lipinski definition) is 1. The van der Waals surface area contributed by atoms with Crippen LogP contribution in [0.5, 0.6) is 0 Å². The van der Waals surface area contributed by atoms with Crippen LogP contribution in [0, 0.1) is 5.95 Å². The third kappa shape index (κ3) is 9.10. The first-order chi connectivity index (χ1) is 6.22. The van der Waals surface area contributed by atoms with E-state index >= 15 is 0 Å². The maximum Gasteiger partial charge on any atom is 0.234 e. The highest BCUT2D eigenvalue weighted by atomic mass is 35.5. The van der Waals surface area contributed by atoms with E-state index in [0.717, 1.165) is 6.33 Å². The summed E-state index contributed by atoms with van der Waals surface area (Å²) < 4.78 is 21.5. The summed E-state index contributed by atoms with van der Waals surface area (Å²) in [6.45, 7) is 0. The van der Waals surface area contributed by atoms with Gasteiger partial charge in [-0.25, -0.2) is 9.97 Å². The van der Waals surface area contributed by atoms with Gasteiger partial charge in [0.15, 0.2) is 0 Å². The maximum atomic E-state index is 12.0. The molecule has 0 aliphatic heterocycles. The fraction of sp³-hybridized carbons (Fsp3) is 0.429. The molecule has 0 aliphatic rings. The Morgan fingerprint density at radius 2 is 1.85 bits per heavy atom. The number of alkyl halides is 1. The van der Waals surface area contributed by atoms with E-state index < -0.39 is 5.95 Å². The third-order valence-electron chi connectivity index (χ3n) is 0.623. The molecule has 0 atom stereocenters. The van der Waals surface area contributed by atoms with Gasteiger partial charge in [-0.15, -0.1) is 0 Å². The van der Waals surface area contributed by atoms with E-state index in [1.165, 1.54) is 6.20 Å². The predicted molar refractivity (Wildman–Crippen MR) is 49.0 cm³/mol. The molecule has 1 heterocycles. The lowest BCUT2D eigenvalue weighted by Gasteiger charge is -1.85. The van der Waals surface area contributed by atoms with Crippen LogP contribution in [0.25, 0.3) is 0 Å². The van der Waals surface area contributed by atoms with Crippen LogP contribution in [-0.2, 0) is 0 Å². The summed E-state index contributed by atoms with van der Waals surface area (Å²) in [4.78, 5) is 6.63. The van der Waals surface area contributed by atoms with Crippen molar-refractivity contribution in [2.24, 2.45) is 0 Å². The number of nitrogens with zero attached hydrogens (tertiary/aromatic N) is 2. The molecule has 0 spiro atoms. The average Bonchev–Trinajstić information content (AvgIpc) is 2.15. The lowest BCUT2D eigenvalue weighted by Crippen LogP contribution is -1.89. The zero-order chi connectivity index (χ0) is 10.7. The summed E-state index contributed by atoms with van der Waals surface area (Å²) in [5, 5.41) is 2.70. The van der Waals surface area contributed by atoms with Gasteiger partial charge in [0.05, 0.1) is 13.4 Å². The Morgan fingerprint density at radius 3 is 2.08 bits per heavy atom. The van der Waals surface area contributed by atoms with Crippen LogP contribution in [0.4, 0.5) is 8.78 Å². The lowest BCUT2D eigenvalue weighted by atomic mass is 10.7. The van der Waals surface area contributed by atoms with Gasteiger partial charge in [-0.1, -0.05) is 11.6 Å². The van der Waals surface area contributed by atoms with E-state index in [-0.39, 0.29) is 5.02 Å². The Hall–Kier alpha value is -0.810. The van der Waals surface area contributed by atoms with Gasteiger partial charge in [0.1, 0.15) is 11.3 Å². The molecule has 6 heteroatoms. The second-order valence-corrected chi connectivity index (χ2v) is 2.07. The minimum atomic E-state index is -0.679. The molecule has 1 aromatic heterocycles. The van der Waals surface area contributed by atoms with Gasteiger partial charge in [-0.2, -0.15) is 4.39 Å². The first-order valence-electron chi connectivity index (χ1n) is 3.29. The van der Waals surface area contributed by atoms with Crippen LogP contribution in [0.1, 0.15) is 0 Å². The zero-order valence-corrected chi connectivity index (χ0v) is 8.44. The van der Waals surface area contributed by atoms with Crippen molar-refractivity contribution in [1.82, 2.24) is 15.3 Å². The van der Waals surface area contributed by atoms with Crippen LogP contribution in [-0.4, -0.2) is 31.2 Å². The number of halogens is 3. The smallest absolute Gasteiger partial charge is 0.234 e. The molecule has 13 heavy (non-hydrogen) atoms. The van der Waals surface area contributed by atoms with Crippen molar-refractivity contribution >= 4 is 11.6 Å². The topological polar surface area (TPSA) is 37.8 Å². The van der Waals surface area contributed by atoms with Gasteiger partial charge in [-0.05, 0) is 14.1 Å². The Labute approximate surface area is 81.2 Å². The molecule has 1 N–H and O–H groups in total. The lowest BCUT2D eigenvalue weighted by molar-refractivity contribution is 0.580. The second kappa shape index (κ2) is 11.2. The largest absolute Gasteiger partial charge is 0.323 e. The average molecular weight is 212 g/mol. The second-order valence-electron chi connectivity index (χ2n) is 1.66. The minimum absolute atomic E-state index is 0.0486. The van der Waals surface area contributed by atoms with Gasteiger partial charge in [0.25, 0.3) is 0 Å². The monoisotopic (exact) mass is 211 g/mol. The highest BCUT2D eigenvalue weighted by molar-refractivity contribution is 6.30. The van der Waals surface area contributed by atoms with Crippen molar-refractivity contribution < 1.29 is 8.78 Å². The highest BCUT2D eigenvalue weighted by Crippen LogP contribution is 2.06. The number of hydrogen-bond acceptors (Lipinski definition) is 3. The molecule has 0 saturated heterocycles. The van der Waals surface area contributed by atoms with Crippen molar-refractivity contribution in [1.29, 1.82) is 0 Å². The molecule has 0 fully saturated rings. The number of aromatic nitrogens is 2. The predicted octanol–water partition coefficient (Wildman–Crippen LogP) is 1.69. The van der Waals surface area contributed by atoms with Crippen LogP contribution in [0.15, 0.2) is 12.5 Å².